The fourth-order valence-electron chi connectivity index (χ4n) is 2.59. The molecule has 1 amide bonds. The van der Waals surface area contributed by atoms with Crippen LogP contribution in [0.4, 0.5) is 0 Å². The van der Waals surface area contributed by atoms with Gasteiger partial charge in [0.2, 0.25) is 0 Å². The highest BCUT2D eigenvalue weighted by Gasteiger charge is 2.14. The zero-order valence-corrected chi connectivity index (χ0v) is 13.6. The fourth-order valence-corrected chi connectivity index (χ4v) is 2.59. The van der Waals surface area contributed by atoms with Gasteiger partial charge in [-0.1, -0.05) is 54.6 Å². The molecule has 116 valence electrons. The number of rotatable bonds is 6. The Bertz CT molecular complexity index is 610. The number of quaternary nitrogens is 1. The third kappa shape index (κ3) is 4.71. The van der Waals surface area contributed by atoms with Crippen molar-refractivity contribution in [3.05, 3.63) is 71.3 Å². The molecule has 0 saturated carbocycles. The maximum absolute atomic E-state index is 12.2. The van der Waals surface area contributed by atoms with Crippen LogP contribution < -0.4 is 10.2 Å². The van der Waals surface area contributed by atoms with E-state index in [1.54, 1.807) is 0 Å². The zero-order chi connectivity index (χ0) is 15.9. The molecule has 3 nitrogen and oxygen atoms in total. The summed E-state index contributed by atoms with van der Waals surface area (Å²) >= 11 is 0. The number of carbonyl (C=O) groups is 1. The van der Waals surface area contributed by atoms with E-state index in [0.717, 1.165) is 12.1 Å². The van der Waals surface area contributed by atoms with Crippen molar-refractivity contribution in [3.63, 3.8) is 0 Å². The third-order valence-corrected chi connectivity index (χ3v) is 3.89. The second-order valence-electron chi connectivity index (χ2n) is 5.94. The Morgan fingerprint density at radius 1 is 1.09 bits per heavy atom. The van der Waals surface area contributed by atoms with Crippen LogP contribution in [0.5, 0.6) is 0 Å². The van der Waals surface area contributed by atoms with Crippen LogP contribution in [-0.2, 0) is 11.3 Å². The van der Waals surface area contributed by atoms with Crippen LogP contribution in [0.25, 0.3) is 0 Å². The summed E-state index contributed by atoms with van der Waals surface area (Å²) in [7, 11) is 2.05. The predicted molar refractivity (Wildman–Crippen MR) is 89.6 cm³/mol. The summed E-state index contributed by atoms with van der Waals surface area (Å²) in [6.07, 6.45) is 0. The molecule has 0 spiro atoms. The van der Waals surface area contributed by atoms with Gasteiger partial charge >= 0.3 is 0 Å². The largest absolute Gasteiger partial charge is 0.345 e. The molecule has 0 saturated heterocycles. The van der Waals surface area contributed by atoms with Crippen LogP contribution in [0.15, 0.2) is 54.6 Å². The number of aryl methyl sites for hydroxylation is 1. The molecule has 0 aliphatic carbocycles. The molecule has 1 unspecified atom stereocenters. The predicted octanol–water partition coefficient (Wildman–Crippen LogP) is 1.89. The summed E-state index contributed by atoms with van der Waals surface area (Å²) in [5.41, 5.74) is 3.70. The van der Waals surface area contributed by atoms with Crippen molar-refractivity contribution >= 4 is 5.91 Å². The third-order valence-electron chi connectivity index (χ3n) is 3.89. The quantitative estimate of drug-likeness (QED) is 0.839. The first-order valence-electron chi connectivity index (χ1n) is 7.76. The molecule has 3 heteroatoms. The highest BCUT2D eigenvalue weighted by molar-refractivity contribution is 5.77. The van der Waals surface area contributed by atoms with E-state index in [4.69, 9.17) is 0 Å². The first kappa shape index (κ1) is 16.2. The molecule has 0 heterocycles. The van der Waals surface area contributed by atoms with Gasteiger partial charge in [0, 0.05) is 5.56 Å². The van der Waals surface area contributed by atoms with E-state index in [1.165, 1.54) is 16.0 Å². The number of likely N-dealkylation sites (N-methyl/N-ethyl adjacent to an activating group) is 1. The Hall–Kier alpha value is -2.13. The van der Waals surface area contributed by atoms with E-state index >= 15 is 0 Å². The van der Waals surface area contributed by atoms with E-state index in [0.29, 0.717) is 6.54 Å². The lowest BCUT2D eigenvalue weighted by molar-refractivity contribution is -0.885. The molecule has 0 aliphatic rings. The molecule has 2 aromatic rings. The molecular formula is C19H25N2O+. The summed E-state index contributed by atoms with van der Waals surface area (Å²) in [5.74, 6) is 0.0856. The number of nitrogens with one attached hydrogen (secondary N) is 2. The summed E-state index contributed by atoms with van der Waals surface area (Å²) in [6.45, 7) is 5.47. The number of hydrogen-bond acceptors (Lipinski definition) is 1. The minimum absolute atomic E-state index is 0.0416. The molecule has 0 fully saturated rings. The minimum Gasteiger partial charge on any atom is -0.345 e. The standard InChI is InChI=1S/C19H24N2O/c1-15-9-7-8-12-18(15)13-21(3)14-19(22)20-16(2)17-10-5-4-6-11-17/h4-12,16H,13-14H2,1-3H3,(H,20,22)/p+1/t16-/m0/s1. The fraction of sp³-hybridized carbons (Fsp3) is 0.316. The number of amides is 1. The molecule has 2 atom stereocenters. The monoisotopic (exact) mass is 297 g/mol. The average Bonchev–Trinajstić information content (AvgIpc) is 2.50. The molecule has 0 aromatic heterocycles. The van der Waals surface area contributed by atoms with E-state index in [9.17, 15) is 4.79 Å². The second kappa shape index (κ2) is 7.76. The van der Waals surface area contributed by atoms with Crippen molar-refractivity contribution in [3.8, 4) is 0 Å². The summed E-state index contributed by atoms with van der Waals surface area (Å²) in [5, 5.41) is 3.07. The zero-order valence-electron chi connectivity index (χ0n) is 13.6. The minimum atomic E-state index is 0.0416. The lowest BCUT2D eigenvalue weighted by atomic mass is 10.1. The molecule has 0 aliphatic heterocycles. The Balaban J connectivity index is 1.85. The highest BCUT2D eigenvalue weighted by atomic mass is 16.2. The van der Waals surface area contributed by atoms with Gasteiger partial charge in [-0.2, -0.15) is 0 Å². The summed E-state index contributed by atoms with van der Waals surface area (Å²) in [6, 6.07) is 18.4. The first-order chi connectivity index (χ1) is 10.6. The van der Waals surface area contributed by atoms with Gasteiger partial charge in [0.1, 0.15) is 6.54 Å². The number of carbonyl (C=O) groups excluding carboxylic acids is 1. The average molecular weight is 297 g/mol. The molecule has 22 heavy (non-hydrogen) atoms. The van der Waals surface area contributed by atoms with Crippen molar-refractivity contribution < 1.29 is 9.69 Å². The molecule has 0 radical (unpaired) electrons. The van der Waals surface area contributed by atoms with Gasteiger partial charge in [0.25, 0.3) is 5.91 Å². The molecular weight excluding hydrogens is 272 g/mol. The van der Waals surface area contributed by atoms with Crippen LogP contribution in [0.1, 0.15) is 29.7 Å². The number of hydrogen-bond donors (Lipinski definition) is 2. The Kier molecular flexibility index (Phi) is 5.73. The summed E-state index contributed by atoms with van der Waals surface area (Å²) < 4.78 is 0. The maximum Gasteiger partial charge on any atom is 0.275 e. The molecule has 0 bridgehead atoms. The van der Waals surface area contributed by atoms with E-state index in [2.05, 4.69) is 31.4 Å². The van der Waals surface area contributed by atoms with E-state index < -0.39 is 0 Å². The van der Waals surface area contributed by atoms with Gasteiger partial charge in [-0.05, 0) is 25.0 Å². The van der Waals surface area contributed by atoms with Crippen LogP contribution in [0.2, 0.25) is 0 Å². The van der Waals surface area contributed by atoms with Crippen LogP contribution in [0.3, 0.4) is 0 Å². The highest BCUT2D eigenvalue weighted by Crippen LogP contribution is 2.10. The topological polar surface area (TPSA) is 33.5 Å². The van der Waals surface area contributed by atoms with Gasteiger partial charge in [-0.25, -0.2) is 0 Å². The van der Waals surface area contributed by atoms with E-state index in [-0.39, 0.29) is 11.9 Å². The Morgan fingerprint density at radius 3 is 2.41 bits per heavy atom. The lowest BCUT2D eigenvalue weighted by Gasteiger charge is -2.18. The van der Waals surface area contributed by atoms with Gasteiger partial charge < -0.3 is 10.2 Å². The van der Waals surface area contributed by atoms with Crippen LogP contribution in [0, 0.1) is 6.92 Å². The summed E-state index contributed by atoms with van der Waals surface area (Å²) in [4.78, 5) is 13.4. The van der Waals surface area contributed by atoms with Crippen molar-refractivity contribution in [1.82, 2.24) is 5.32 Å². The Morgan fingerprint density at radius 2 is 1.73 bits per heavy atom. The van der Waals surface area contributed by atoms with Crippen LogP contribution in [-0.4, -0.2) is 19.5 Å². The van der Waals surface area contributed by atoms with Crippen molar-refractivity contribution in [1.29, 1.82) is 0 Å². The van der Waals surface area contributed by atoms with Crippen molar-refractivity contribution in [2.24, 2.45) is 0 Å². The van der Waals surface area contributed by atoms with Crippen molar-refractivity contribution in [2.75, 3.05) is 13.6 Å². The van der Waals surface area contributed by atoms with Gasteiger partial charge in [0.05, 0.1) is 13.1 Å². The van der Waals surface area contributed by atoms with Gasteiger partial charge in [-0.3, -0.25) is 4.79 Å². The lowest BCUT2D eigenvalue weighted by Crippen LogP contribution is -3.09. The van der Waals surface area contributed by atoms with Gasteiger partial charge in [0.15, 0.2) is 6.54 Å². The van der Waals surface area contributed by atoms with Crippen molar-refractivity contribution in [2.45, 2.75) is 26.4 Å². The Labute approximate surface area is 133 Å². The number of benzene rings is 2. The molecule has 2 rings (SSSR count). The van der Waals surface area contributed by atoms with Gasteiger partial charge in [-0.15, -0.1) is 0 Å². The maximum atomic E-state index is 12.2. The normalized spacial score (nSPS) is 13.4. The SMILES string of the molecule is Cc1ccccc1C[NH+](C)CC(=O)N[C@@H](C)c1ccccc1. The smallest absolute Gasteiger partial charge is 0.275 e. The van der Waals surface area contributed by atoms with E-state index in [1.807, 2.05) is 49.4 Å². The molecule has 2 N–H and O–H groups in total. The van der Waals surface area contributed by atoms with Crippen LogP contribution >= 0.6 is 0 Å². The second-order valence-corrected chi connectivity index (χ2v) is 5.94. The first-order valence-corrected chi connectivity index (χ1v) is 7.76. The molecule has 2 aromatic carbocycles.